The molecule has 0 atom stereocenters. The van der Waals surface area contributed by atoms with Gasteiger partial charge in [0.15, 0.2) is 17.5 Å². The van der Waals surface area contributed by atoms with Crippen LogP contribution >= 0.6 is 0 Å². The van der Waals surface area contributed by atoms with Crippen LogP contribution in [0.5, 0.6) is 0 Å². The summed E-state index contributed by atoms with van der Waals surface area (Å²) in [7, 11) is 1.59. The number of hydrogen-bond donors (Lipinski definition) is 3. The highest BCUT2D eigenvalue weighted by Crippen LogP contribution is 2.38. The molecule has 7 nitrogen and oxygen atoms in total. The Morgan fingerprint density at radius 2 is 2.19 bits per heavy atom. The molecule has 3 aromatic rings. The van der Waals surface area contributed by atoms with Gasteiger partial charge in [0.2, 0.25) is 0 Å². The number of hydrogen-bond acceptors (Lipinski definition) is 5. The molecule has 0 radical (unpaired) electrons. The molecule has 1 amide bonds. The summed E-state index contributed by atoms with van der Waals surface area (Å²) < 4.78 is 13.6. The lowest BCUT2D eigenvalue weighted by Gasteiger charge is -2.07. The van der Waals surface area contributed by atoms with Gasteiger partial charge in [-0.3, -0.25) is 9.89 Å². The molecule has 0 bridgehead atoms. The van der Waals surface area contributed by atoms with Crippen molar-refractivity contribution in [2.24, 2.45) is 0 Å². The predicted octanol–water partition coefficient (Wildman–Crippen LogP) is 2.85. The third kappa shape index (κ3) is 3.79. The van der Waals surface area contributed by atoms with Crippen molar-refractivity contribution in [3.8, 4) is 11.4 Å². The van der Waals surface area contributed by atoms with Crippen LogP contribution in [0.3, 0.4) is 0 Å². The standard InChI is InChI=1S/C19H19FN6O/c1-21-18-15(20)10-22-17(24-18)12-3-2-4-13(7-12)19(27)23-9-14-8-16(26-25-14)11-5-6-11/h2-4,7-8,10-11H,5-6,9H2,1H3,(H,23,27)(H,25,26)(H,21,22,24). The van der Waals surface area contributed by atoms with Crippen LogP contribution in [0.2, 0.25) is 0 Å². The number of aromatic amines is 1. The van der Waals surface area contributed by atoms with Crippen molar-refractivity contribution in [3.63, 3.8) is 0 Å². The van der Waals surface area contributed by atoms with E-state index in [9.17, 15) is 9.18 Å². The van der Waals surface area contributed by atoms with Gasteiger partial charge in [-0.1, -0.05) is 12.1 Å². The van der Waals surface area contributed by atoms with E-state index in [-0.39, 0.29) is 11.7 Å². The summed E-state index contributed by atoms with van der Waals surface area (Å²) in [5.74, 6) is 0.287. The zero-order valence-electron chi connectivity index (χ0n) is 14.8. The van der Waals surface area contributed by atoms with Gasteiger partial charge in [0, 0.05) is 24.1 Å². The predicted molar refractivity (Wildman–Crippen MR) is 98.7 cm³/mol. The first kappa shape index (κ1) is 17.1. The Kier molecular flexibility index (Phi) is 4.53. The Hall–Kier alpha value is -3.29. The van der Waals surface area contributed by atoms with Gasteiger partial charge in [0.25, 0.3) is 5.91 Å². The Balaban J connectivity index is 1.46. The number of carbonyl (C=O) groups excluding carboxylic acids is 1. The Bertz CT molecular complexity index is 982. The van der Waals surface area contributed by atoms with Crippen LogP contribution in [-0.2, 0) is 6.54 Å². The lowest BCUT2D eigenvalue weighted by Crippen LogP contribution is -2.23. The second kappa shape index (κ2) is 7.14. The Morgan fingerprint density at radius 1 is 1.33 bits per heavy atom. The average molecular weight is 366 g/mol. The SMILES string of the molecule is CNc1nc(-c2cccc(C(=O)NCc3cc(C4CC4)n[nH]3)c2)ncc1F. The monoisotopic (exact) mass is 366 g/mol. The van der Waals surface area contributed by atoms with Gasteiger partial charge in [-0.15, -0.1) is 0 Å². The van der Waals surface area contributed by atoms with Crippen molar-refractivity contribution >= 4 is 11.7 Å². The molecule has 3 N–H and O–H groups in total. The average Bonchev–Trinajstić information content (AvgIpc) is 3.44. The molecule has 138 valence electrons. The maximum atomic E-state index is 13.6. The van der Waals surface area contributed by atoms with Crippen LogP contribution in [0.25, 0.3) is 11.4 Å². The van der Waals surface area contributed by atoms with Crippen molar-refractivity contribution in [3.05, 3.63) is 59.3 Å². The fraction of sp³-hybridized carbons (Fsp3) is 0.263. The van der Waals surface area contributed by atoms with E-state index in [1.165, 1.54) is 12.8 Å². The third-order valence-corrected chi connectivity index (χ3v) is 4.45. The molecule has 0 saturated heterocycles. The van der Waals surface area contributed by atoms with Crippen molar-refractivity contribution in [2.75, 3.05) is 12.4 Å². The molecule has 4 rings (SSSR count). The second-order valence-corrected chi connectivity index (χ2v) is 6.50. The summed E-state index contributed by atoms with van der Waals surface area (Å²) in [6.45, 7) is 0.375. The van der Waals surface area contributed by atoms with Crippen LogP contribution in [0.15, 0.2) is 36.5 Å². The fourth-order valence-corrected chi connectivity index (χ4v) is 2.82. The topological polar surface area (TPSA) is 95.6 Å². The number of carbonyl (C=O) groups is 1. The van der Waals surface area contributed by atoms with Gasteiger partial charge in [0.05, 0.1) is 24.1 Å². The molecule has 1 fully saturated rings. The normalized spacial score (nSPS) is 13.4. The minimum atomic E-state index is -0.528. The smallest absolute Gasteiger partial charge is 0.251 e. The van der Waals surface area contributed by atoms with Crippen molar-refractivity contribution in [1.29, 1.82) is 0 Å². The highest BCUT2D eigenvalue weighted by Gasteiger charge is 2.26. The van der Waals surface area contributed by atoms with Crippen LogP contribution in [0.1, 0.15) is 40.5 Å². The number of rotatable bonds is 6. The summed E-state index contributed by atoms with van der Waals surface area (Å²) in [4.78, 5) is 20.6. The molecule has 1 aromatic carbocycles. The van der Waals surface area contributed by atoms with Crippen LogP contribution in [0.4, 0.5) is 10.2 Å². The van der Waals surface area contributed by atoms with Gasteiger partial charge in [-0.25, -0.2) is 14.4 Å². The number of H-pyrrole nitrogens is 1. The largest absolute Gasteiger partial charge is 0.371 e. The summed E-state index contributed by atoms with van der Waals surface area (Å²) >= 11 is 0. The molecule has 1 aliphatic carbocycles. The zero-order valence-corrected chi connectivity index (χ0v) is 14.8. The lowest BCUT2D eigenvalue weighted by atomic mass is 10.1. The molecular formula is C19H19FN6O. The van der Waals surface area contributed by atoms with Crippen molar-refractivity contribution in [1.82, 2.24) is 25.5 Å². The molecule has 1 aliphatic rings. The molecule has 2 heterocycles. The van der Waals surface area contributed by atoms with Crippen molar-refractivity contribution in [2.45, 2.75) is 25.3 Å². The van der Waals surface area contributed by atoms with E-state index in [2.05, 4.69) is 30.8 Å². The molecule has 27 heavy (non-hydrogen) atoms. The van der Waals surface area contributed by atoms with E-state index in [1.54, 1.807) is 31.3 Å². The minimum Gasteiger partial charge on any atom is -0.371 e. The van der Waals surface area contributed by atoms with Crippen LogP contribution in [0, 0.1) is 5.82 Å². The highest BCUT2D eigenvalue weighted by molar-refractivity contribution is 5.95. The quantitative estimate of drug-likeness (QED) is 0.623. The summed E-state index contributed by atoms with van der Waals surface area (Å²) in [5, 5.41) is 12.8. The maximum Gasteiger partial charge on any atom is 0.251 e. The number of halogens is 1. The lowest BCUT2D eigenvalue weighted by molar-refractivity contribution is 0.0950. The zero-order chi connectivity index (χ0) is 18.8. The van der Waals surface area contributed by atoms with Gasteiger partial charge < -0.3 is 10.6 Å². The molecule has 8 heteroatoms. The van der Waals surface area contributed by atoms with Crippen LogP contribution in [-0.4, -0.2) is 33.1 Å². The minimum absolute atomic E-state index is 0.112. The molecule has 1 saturated carbocycles. The molecule has 2 aromatic heterocycles. The summed E-state index contributed by atoms with van der Waals surface area (Å²) in [6, 6.07) is 8.92. The molecular weight excluding hydrogens is 347 g/mol. The van der Waals surface area contributed by atoms with E-state index < -0.39 is 5.82 Å². The number of nitrogens with one attached hydrogen (secondary N) is 3. The van der Waals surface area contributed by atoms with E-state index in [4.69, 9.17) is 0 Å². The molecule has 0 spiro atoms. The number of benzene rings is 1. The van der Waals surface area contributed by atoms with Gasteiger partial charge in [0.1, 0.15) is 0 Å². The van der Waals surface area contributed by atoms with Crippen molar-refractivity contribution < 1.29 is 9.18 Å². The Morgan fingerprint density at radius 3 is 2.96 bits per heavy atom. The van der Waals surface area contributed by atoms with Gasteiger partial charge in [-0.2, -0.15) is 5.10 Å². The number of aromatic nitrogens is 4. The second-order valence-electron chi connectivity index (χ2n) is 6.50. The fourth-order valence-electron chi connectivity index (χ4n) is 2.82. The van der Waals surface area contributed by atoms with Crippen LogP contribution < -0.4 is 10.6 Å². The highest BCUT2D eigenvalue weighted by atomic mass is 19.1. The summed E-state index contributed by atoms with van der Waals surface area (Å²) in [5.41, 5.74) is 3.06. The van der Waals surface area contributed by atoms with E-state index >= 15 is 0 Å². The number of amides is 1. The van der Waals surface area contributed by atoms with E-state index in [1.807, 2.05) is 6.07 Å². The third-order valence-electron chi connectivity index (χ3n) is 4.45. The maximum absolute atomic E-state index is 13.6. The van der Waals surface area contributed by atoms with Gasteiger partial charge in [-0.05, 0) is 31.0 Å². The number of anilines is 1. The summed E-state index contributed by atoms with van der Waals surface area (Å²) in [6.07, 6.45) is 3.48. The first-order valence-electron chi connectivity index (χ1n) is 8.77. The van der Waals surface area contributed by atoms with Gasteiger partial charge >= 0.3 is 0 Å². The first-order chi connectivity index (χ1) is 13.1. The molecule has 0 aliphatic heterocycles. The van der Waals surface area contributed by atoms with E-state index in [0.717, 1.165) is 17.6 Å². The first-order valence-corrected chi connectivity index (χ1v) is 8.77. The Labute approximate surface area is 155 Å². The number of nitrogens with zero attached hydrogens (tertiary/aromatic N) is 3. The molecule has 0 unspecified atom stereocenters. The van der Waals surface area contributed by atoms with E-state index in [0.29, 0.717) is 29.4 Å².